The van der Waals surface area contributed by atoms with Crippen molar-refractivity contribution in [3.05, 3.63) is 76.5 Å². The number of carbonyl (C=O) groups excluding carboxylic acids is 1. The standard InChI is InChI=1S/C22H24BrN5O/c1-26-9-11-27(12-10-26)15-17-3-2-4-20(13-17)25-22(29)18-5-7-21(8-6-18)28-16-19(23)14-24-28/h2-8,13-14,16H,9-12,15H2,1H3,(H,25,29). The molecule has 1 aliphatic heterocycles. The molecular weight excluding hydrogens is 430 g/mol. The molecule has 29 heavy (non-hydrogen) atoms. The lowest BCUT2D eigenvalue weighted by molar-refractivity contribution is 0.102. The highest BCUT2D eigenvalue weighted by Crippen LogP contribution is 2.17. The Labute approximate surface area is 179 Å². The van der Waals surface area contributed by atoms with Crippen LogP contribution in [0.4, 0.5) is 5.69 Å². The summed E-state index contributed by atoms with van der Waals surface area (Å²) in [6, 6.07) is 15.5. The minimum absolute atomic E-state index is 0.116. The van der Waals surface area contributed by atoms with Gasteiger partial charge in [-0.25, -0.2) is 4.68 Å². The van der Waals surface area contributed by atoms with E-state index in [9.17, 15) is 4.79 Å². The molecule has 1 fully saturated rings. The molecule has 150 valence electrons. The third kappa shape index (κ3) is 5.12. The molecule has 3 aromatic rings. The molecule has 0 bridgehead atoms. The fourth-order valence-corrected chi connectivity index (χ4v) is 3.71. The molecule has 1 saturated heterocycles. The molecule has 0 saturated carbocycles. The highest BCUT2D eigenvalue weighted by atomic mass is 79.9. The number of anilines is 1. The SMILES string of the molecule is CN1CCN(Cc2cccc(NC(=O)c3ccc(-n4cc(Br)cn4)cc3)c2)CC1. The molecule has 7 heteroatoms. The van der Waals surface area contributed by atoms with Crippen molar-refractivity contribution in [2.45, 2.75) is 6.54 Å². The number of nitrogens with one attached hydrogen (secondary N) is 1. The Kier molecular flexibility index (Phi) is 6.08. The van der Waals surface area contributed by atoms with Crippen molar-refractivity contribution in [2.24, 2.45) is 0 Å². The molecule has 0 aliphatic carbocycles. The van der Waals surface area contributed by atoms with Crippen LogP contribution in [0.5, 0.6) is 0 Å². The van der Waals surface area contributed by atoms with Gasteiger partial charge in [0.25, 0.3) is 5.91 Å². The van der Waals surface area contributed by atoms with E-state index >= 15 is 0 Å². The molecule has 0 unspecified atom stereocenters. The van der Waals surface area contributed by atoms with Gasteiger partial charge < -0.3 is 10.2 Å². The number of rotatable bonds is 5. The zero-order valence-corrected chi connectivity index (χ0v) is 18.0. The van der Waals surface area contributed by atoms with Crippen LogP contribution in [0, 0.1) is 0 Å². The van der Waals surface area contributed by atoms with Gasteiger partial charge in [-0.1, -0.05) is 12.1 Å². The predicted molar refractivity (Wildman–Crippen MR) is 118 cm³/mol. The fourth-order valence-electron chi connectivity index (χ4n) is 3.42. The van der Waals surface area contributed by atoms with E-state index in [1.54, 1.807) is 10.9 Å². The molecule has 1 aromatic heterocycles. The van der Waals surface area contributed by atoms with E-state index in [0.29, 0.717) is 5.56 Å². The maximum absolute atomic E-state index is 12.6. The largest absolute Gasteiger partial charge is 0.322 e. The Balaban J connectivity index is 1.39. The third-order valence-corrected chi connectivity index (χ3v) is 5.54. The average molecular weight is 454 g/mol. The summed E-state index contributed by atoms with van der Waals surface area (Å²) in [5.41, 5.74) is 3.56. The minimum atomic E-state index is -0.116. The normalized spacial score (nSPS) is 15.4. The van der Waals surface area contributed by atoms with Gasteiger partial charge in [-0.05, 0) is 64.9 Å². The van der Waals surface area contributed by atoms with Crippen molar-refractivity contribution in [3.8, 4) is 5.69 Å². The summed E-state index contributed by atoms with van der Waals surface area (Å²) in [5, 5.41) is 7.26. The number of benzene rings is 2. The van der Waals surface area contributed by atoms with Crippen molar-refractivity contribution in [2.75, 3.05) is 38.5 Å². The Morgan fingerprint density at radius 1 is 1.10 bits per heavy atom. The molecular formula is C22H24BrN5O. The molecule has 0 radical (unpaired) electrons. The molecule has 1 aliphatic rings. The highest BCUT2D eigenvalue weighted by molar-refractivity contribution is 9.10. The maximum Gasteiger partial charge on any atom is 0.255 e. The lowest BCUT2D eigenvalue weighted by Crippen LogP contribution is -2.43. The van der Waals surface area contributed by atoms with Crippen LogP contribution in [0.2, 0.25) is 0 Å². The number of aromatic nitrogens is 2. The van der Waals surface area contributed by atoms with Crippen molar-refractivity contribution in [1.82, 2.24) is 19.6 Å². The Hall–Kier alpha value is -2.48. The average Bonchev–Trinajstić information content (AvgIpc) is 3.16. The maximum atomic E-state index is 12.6. The number of piperazine rings is 1. The van der Waals surface area contributed by atoms with Crippen LogP contribution in [0.25, 0.3) is 5.69 Å². The van der Waals surface area contributed by atoms with E-state index in [4.69, 9.17) is 0 Å². The van der Waals surface area contributed by atoms with Crippen molar-refractivity contribution < 1.29 is 4.79 Å². The number of amides is 1. The van der Waals surface area contributed by atoms with E-state index in [1.165, 1.54) is 5.56 Å². The monoisotopic (exact) mass is 453 g/mol. The summed E-state index contributed by atoms with van der Waals surface area (Å²) in [4.78, 5) is 17.4. The van der Waals surface area contributed by atoms with Gasteiger partial charge in [0.1, 0.15) is 0 Å². The van der Waals surface area contributed by atoms with Gasteiger partial charge in [-0.2, -0.15) is 5.10 Å². The number of hydrogen-bond acceptors (Lipinski definition) is 4. The molecule has 1 N–H and O–H groups in total. The predicted octanol–water partition coefficient (Wildman–Crippen LogP) is 3.63. The molecule has 2 aromatic carbocycles. The first-order valence-corrected chi connectivity index (χ1v) is 10.5. The lowest BCUT2D eigenvalue weighted by Gasteiger charge is -2.32. The second-order valence-electron chi connectivity index (χ2n) is 7.38. The summed E-state index contributed by atoms with van der Waals surface area (Å²) >= 11 is 3.39. The Morgan fingerprint density at radius 3 is 2.55 bits per heavy atom. The van der Waals surface area contributed by atoms with Crippen LogP contribution >= 0.6 is 15.9 Å². The topological polar surface area (TPSA) is 53.4 Å². The van der Waals surface area contributed by atoms with E-state index in [-0.39, 0.29) is 5.91 Å². The number of likely N-dealkylation sites (N-methyl/N-ethyl adjacent to an activating group) is 1. The number of nitrogens with zero attached hydrogens (tertiary/aromatic N) is 4. The van der Waals surface area contributed by atoms with E-state index in [0.717, 1.165) is 48.6 Å². The summed E-state index contributed by atoms with van der Waals surface area (Å²) in [6.07, 6.45) is 3.61. The lowest BCUT2D eigenvalue weighted by atomic mass is 10.1. The van der Waals surface area contributed by atoms with Crippen LogP contribution in [-0.4, -0.2) is 58.7 Å². The molecule has 4 rings (SSSR count). The van der Waals surface area contributed by atoms with Crippen LogP contribution < -0.4 is 5.32 Å². The summed E-state index contributed by atoms with van der Waals surface area (Å²) in [5.74, 6) is -0.116. The Morgan fingerprint density at radius 2 is 1.86 bits per heavy atom. The van der Waals surface area contributed by atoms with Gasteiger partial charge in [0.15, 0.2) is 0 Å². The summed E-state index contributed by atoms with van der Waals surface area (Å²) < 4.78 is 2.67. The van der Waals surface area contributed by atoms with Gasteiger partial charge in [-0.15, -0.1) is 0 Å². The van der Waals surface area contributed by atoms with Crippen molar-refractivity contribution in [1.29, 1.82) is 0 Å². The van der Waals surface area contributed by atoms with Crippen LogP contribution in [0.15, 0.2) is 65.4 Å². The zero-order valence-electron chi connectivity index (χ0n) is 16.4. The second-order valence-corrected chi connectivity index (χ2v) is 8.30. The van der Waals surface area contributed by atoms with Crippen LogP contribution in [0.3, 0.4) is 0 Å². The Bertz CT molecular complexity index is 977. The quantitative estimate of drug-likeness (QED) is 0.640. The van der Waals surface area contributed by atoms with E-state index < -0.39 is 0 Å². The van der Waals surface area contributed by atoms with Gasteiger partial charge >= 0.3 is 0 Å². The summed E-state index contributed by atoms with van der Waals surface area (Å²) in [7, 11) is 2.16. The molecule has 1 amide bonds. The highest BCUT2D eigenvalue weighted by Gasteiger charge is 2.14. The second kappa shape index (κ2) is 8.90. The smallest absolute Gasteiger partial charge is 0.255 e. The van der Waals surface area contributed by atoms with E-state index in [2.05, 4.69) is 55.3 Å². The van der Waals surface area contributed by atoms with Gasteiger partial charge in [-0.3, -0.25) is 9.69 Å². The molecule has 2 heterocycles. The first kappa shape index (κ1) is 19.8. The van der Waals surface area contributed by atoms with Crippen LogP contribution in [-0.2, 0) is 6.54 Å². The number of hydrogen-bond donors (Lipinski definition) is 1. The van der Waals surface area contributed by atoms with Gasteiger partial charge in [0.05, 0.1) is 16.4 Å². The number of halogens is 1. The molecule has 6 nitrogen and oxygen atoms in total. The minimum Gasteiger partial charge on any atom is -0.322 e. The zero-order chi connectivity index (χ0) is 20.2. The fraction of sp³-hybridized carbons (Fsp3) is 0.273. The van der Waals surface area contributed by atoms with Crippen LogP contribution in [0.1, 0.15) is 15.9 Å². The number of carbonyl (C=O) groups is 1. The molecule has 0 spiro atoms. The molecule has 0 atom stereocenters. The summed E-state index contributed by atoms with van der Waals surface area (Å²) in [6.45, 7) is 5.26. The van der Waals surface area contributed by atoms with Crippen molar-refractivity contribution in [3.63, 3.8) is 0 Å². The van der Waals surface area contributed by atoms with Gasteiger partial charge in [0, 0.05) is 50.2 Å². The van der Waals surface area contributed by atoms with E-state index in [1.807, 2.05) is 42.6 Å². The van der Waals surface area contributed by atoms with Crippen molar-refractivity contribution >= 4 is 27.5 Å². The van der Waals surface area contributed by atoms with Gasteiger partial charge in [0.2, 0.25) is 0 Å². The first-order valence-electron chi connectivity index (χ1n) is 9.69. The first-order chi connectivity index (χ1) is 14.1. The third-order valence-electron chi connectivity index (χ3n) is 5.13.